The number of nitrogens with one attached hydrogen (secondary N) is 2. The molecule has 7 heteroatoms. The van der Waals surface area contributed by atoms with Gasteiger partial charge in [0.1, 0.15) is 5.75 Å². The van der Waals surface area contributed by atoms with Gasteiger partial charge in [0.05, 0.1) is 37.7 Å². The molecule has 1 aliphatic rings. The highest BCUT2D eigenvalue weighted by molar-refractivity contribution is 5.79. The maximum absolute atomic E-state index is 6.17. The third kappa shape index (κ3) is 6.58. The average Bonchev–Trinajstić information content (AvgIpc) is 3.53. The van der Waals surface area contributed by atoms with E-state index >= 15 is 0 Å². The summed E-state index contributed by atoms with van der Waals surface area (Å²) in [6.07, 6.45) is 3.04. The van der Waals surface area contributed by atoms with Gasteiger partial charge in [-0.3, -0.25) is 0 Å². The van der Waals surface area contributed by atoms with Gasteiger partial charge in [0.15, 0.2) is 5.96 Å². The van der Waals surface area contributed by atoms with Crippen molar-refractivity contribution in [1.82, 2.24) is 20.4 Å². The molecule has 4 rings (SSSR count). The van der Waals surface area contributed by atoms with Crippen molar-refractivity contribution in [2.45, 2.75) is 33.4 Å². The van der Waals surface area contributed by atoms with Crippen molar-refractivity contribution in [2.75, 3.05) is 26.4 Å². The van der Waals surface area contributed by atoms with E-state index in [4.69, 9.17) is 14.5 Å². The van der Waals surface area contributed by atoms with Crippen LogP contribution in [-0.2, 0) is 17.8 Å². The Kier molecular flexibility index (Phi) is 7.98. The number of benzene rings is 2. The molecule has 0 amide bonds. The van der Waals surface area contributed by atoms with Crippen LogP contribution in [0.2, 0.25) is 0 Å². The van der Waals surface area contributed by atoms with Gasteiger partial charge in [-0.2, -0.15) is 5.10 Å². The number of nitrogens with zero attached hydrogens (tertiary/aromatic N) is 3. The lowest BCUT2D eigenvalue weighted by Gasteiger charge is -2.15. The van der Waals surface area contributed by atoms with Crippen molar-refractivity contribution in [2.24, 2.45) is 10.9 Å². The lowest BCUT2D eigenvalue weighted by molar-refractivity contribution is 0.166. The summed E-state index contributed by atoms with van der Waals surface area (Å²) in [6, 6.07) is 18.4. The Morgan fingerprint density at radius 1 is 1.18 bits per heavy atom. The molecule has 2 heterocycles. The van der Waals surface area contributed by atoms with E-state index in [-0.39, 0.29) is 0 Å². The number of aliphatic imine (C=N–C) groups is 1. The molecular formula is C26H33N5O2. The topological polar surface area (TPSA) is 72.7 Å². The Morgan fingerprint density at radius 2 is 2.06 bits per heavy atom. The second kappa shape index (κ2) is 11.5. The molecule has 174 valence electrons. The van der Waals surface area contributed by atoms with Crippen molar-refractivity contribution in [3.05, 3.63) is 77.6 Å². The number of aromatic nitrogens is 2. The SMILES string of the molecule is CCNC(=NCc1ccc(C)cc1OCC1CCOC1)NCc1ccn(-c2ccccc2)n1. The van der Waals surface area contributed by atoms with Gasteiger partial charge >= 0.3 is 0 Å². The summed E-state index contributed by atoms with van der Waals surface area (Å²) in [4.78, 5) is 4.79. The first-order valence-corrected chi connectivity index (χ1v) is 11.6. The second-order valence-electron chi connectivity index (χ2n) is 8.29. The van der Waals surface area contributed by atoms with Crippen LogP contribution in [0.4, 0.5) is 0 Å². The van der Waals surface area contributed by atoms with Crippen LogP contribution in [0, 0.1) is 12.8 Å². The first kappa shape index (κ1) is 22.9. The molecule has 1 saturated heterocycles. The molecule has 2 aromatic carbocycles. The number of rotatable bonds is 9. The highest BCUT2D eigenvalue weighted by Crippen LogP contribution is 2.23. The maximum atomic E-state index is 6.17. The molecule has 0 aliphatic carbocycles. The standard InChI is InChI=1S/C26H33N5O2/c1-3-27-26(29-17-23-11-13-31(30-23)24-7-5-4-6-8-24)28-16-22-10-9-20(2)15-25(22)33-19-21-12-14-32-18-21/h4-11,13,15,21H,3,12,14,16-19H2,1-2H3,(H2,27,28,29). The summed E-state index contributed by atoms with van der Waals surface area (Å²) in [6.45, 7) is 8.35. The van der Waals surface area contributed by atoms with E-state index in [1.165, 1.54) is 5.56 Å². The van der Waals surface area contributed by atoms with Crippen molar-refractivity contribution in [3.63, 3.8) is 0 Å². The Labute approximate surface area is 195 Å². The molecular weight excluding hydrogens is 414 g/mol. The molecule has 33 heavy (non-hydrogen) atoms. The molecule has 0 bridgehead atoms. The van der Waals surface area contributed by atoms with Crippen molar-refractivity contribution in [1.29, 1.82) is 0 Å². The van der Waals surface area contributed by atoms with E-state index in [1.54, 1.807) is 0 Å². The summed E-state index contributed by atoms with van der Waals surface area (Å²) >= 11 is 0. The van der Waals surface area contributed by atoms with E-state index in [0.717, 1.165) is 54.8 Å². The molecule has 2 N–H and O–H groups in total. The first-order valence-electron chi connectivity index (χ1n) is 11.6. The fourth-order valence-corrected chi connectivity index (χ4v) is 3.71. The lowest BCUT2D eigenvalue weighted by Crippen LogP contribution is -2.36. The first-order chi connectivity index (χ1) is 16.2. The van der Waals surface area contributed by atoms with E-state index in [1.807, 2.05) is 47.3 Å². The maximum Gasteiger partial charge on any atom is 0.191 e. The minimum Gasteiger partial charge on any atom is -0.493 e. The van der Waals surface area contributed by atoms with Crippen LogP contribution in [0.1, 0.15) is 30.2 Å². The lowest BCUT2D eigenvalue weighted by atomic mass is 10.1. The van der Waals surface area contributed by atoms with Crippen LogP contribution in [-0.4, -0.2) is 42.1 Å². The molecule has 1 aliphatic heterocycles. The highest BCUT2D eigenvalue weighted by Gasteiger charge is 2.17. The summed E-state index contributed by atoms with van der Waals surface area (Å²) in [7, 11) is 0. The molecule has 3 aromatic rings. The summed E-state index contributed by atoms with van der Waals surface area (Å²) < 4.78 is 13.5. The Morgan fingerprint density at radius 3 is 2.85 bits per heavy atom. The van der Waals surface area contributed by atoms with E-state index in [2.05, 4.69) is 47.8 Å². The van der Waals surface area contributed by atoms with Gasteiger partial charge < -0.3 is 20.1 Å². The van der Waals surface area contributed by atoms with Crippen LogP contribution in [0.5, 0.6) is 5.75 Å². The normalized spacial score (nSPS) is 16.1. The van der Waals surface area contributed by atoms with E-state index in [0.29, 0.717) is 25.6 Å². The molecule has 0 radical (unpaired) electrons. The van der Waals surface area contributed by atoms with Crippen molar-refractivity contribution in [3.8, 4) is 11.4 Å². The number of para-hydroxylation sites is 1. The monoisotopic (exact) mass is 447 g/mol. The largest absolute Gasteiger partial charge is 0.493 e. The van der Waals surface area contributed by atoms with Gasteiger partial charge in [-0.05, 0) is 50.1 Å². The van der Waals surface area contributed by atoms with Gasteiger partial charge in [0, 0.05) is 30.8 Å². The molecule has 0 saturated carbocycles. The Hall–Kier alpha value is -3.32. The van der Waals surface area contributed by atoms with E-state index in [9.17, 15) is 0 Å². The Balaban J connectivity index is 1.38. The molecule has 7 nitrogen and oxygen atoms in total. The molecule has 1 fully saturated rings. The third-order valence-electron chi connectivity index (χ3n) is 5.57. The third-order valence-corrected chi connectivity index (χ3v) is 5.57. The van der Waals surface area contributed by atoms with Crippen molar-refractivity contribution < 1.29 is 9.47 Å². The fraction of sp³-hybridized carbons (Fsp3) is 0.385. The zero-order chi connectivity index (χ0) is 22.9. The van der Waals surface area contributed by atoms with Gasteiger partial charge in [-0.1, -0.05) is 30.3 Å². The summed E-state index contributed by atoms with van der Waals surface area (Å²) in [5.74, 6) is 2.13. The fourth-order valence-electron chi connectivity index (χ4n) is 3.71. The molecule has 1 unspecified atom stereocenters. The summed E-state index contributed by atoms with van der Waals surface area (Å²) in [5.41, 5.74) is 4.24. The number of aryl methyl sites for hydroxylation is 1. The number of guanidine groups is 1. The van der Waals surface area contributed by atoms with Crippen LogP contribution in [0.25, 0.3) is 5.69 Å². The average molecular weight is 448 g/mol. The number of ether oxygens (including phenoxy) is 2. The molecule has 1 aromatic heterocycles. The van der Waals surface area contributed by atoms with Crippen LogP contribution in [0.3, 0.4) is 0 Å². The minimum atomic E-state index is 0.469. The van der Waals surface area contributed by atoms with Gasteiger partial charge in [0.2, 0.25) is 0 Å². The smallest absolute Gasteiger partial charge is 0.191 e. The second-order valence-corrected chi connectivity index (χ2v) is 8.29. The van der Waals surface area contributed by atoms with Crippen LogP contribution in [0.15, 0.2) is 65.8 Å². The van der Waals surface area contributed by atoms with E-state index < -0.39 is 0 Å². The predicted octanol–water partition coefficient (Wildman–Crippen LogP) is 3.85. The molecule has 0 spiro atoms. The number of hydrogen-bond donors (Lipinski definition) is 2. The quantitative estimate of drug-likeness (QED) is 0.385. The van der Waals surface area contributed by atoms with Crippen molar-refractivity contribution >= 4 is 5.96 Å². The summed E-state index contributed by atoms with van der Waals surface area (Å²) in [5, 5.41) is 11.4. The highest BCUT2D eigenvalue weighted by atomic mass is 16.5. The van der Waals surface area contributed by atoms with Gasteiger partial charge in [0.25, 0.3) is 0 Å². The minimum absolute atomic E-state index is 0.469. The van der Waals surface area contributed by atoms with Crippen LogP contribution < -0.4 is 15.4 Å². The predicted molar refractivity (Wildman–Crippen MR) is 131 cm³/mol. The van der Waals surface area contributed by atoms with Crippen LogP contribution >= 0.6 is 0 Å². The Bertz CT molecular complexity index is 1040. The zero-order valence-corrected chi connectivity index (χ0v) is 19.5. The molecule has 1 atom stereocenters. The van der Waals surface area contributed by atoms with Gasteiger partial charge in [-0.15, -0.1) is 0 Å². The zero-order valence-electron chi connectivity index (χ0n) is 19.5. The van der Waals surface area contributed by atoms with Gasteiger partial charge in [-0.25, -0.2) is 9.67 Å². The number of hydrogen-bond acceptors (Lipinski definition) is 4.